The number of rotatable bonds is 2. The Kier molecular flexibility index (Phi) is 3.06. The van der Waals surface area contributed by atoms with E-state index in [-0.39, 0.29) is 6.04 Å². The Hall–Kier alpha value is -1.56. The summed E-state index contributed by atoms with van der Waals surface area (Å²) in [5.41, 5.74) is 0.843. The van der Waals surface area contributed by atoms with Crippen LogP contribution in [0.25, 0.3) is 0 Å². The molecule has 1 unspecified atom stereocenters. The van der Waals surface area contributed by atoms with Crippen molar-refractivity contribution in [2.45, 2.75) is 19.9 Å². The molecule has 0 bridgehead atoms. The van der Waals surface area contributed by atoms with Crippen molar-refractivity contribution in [1.82, 2.24) is 9.78 Å². The lowest BCUT2D eigenvalue weighted by molar-refractivity contribution is 0.0694. The average Bonchev–Trinajstić information content (AvgIpc) is 2.54. The molecule has 6 heteroatoms. The second-order valence-corrected chi connectivity index (χ2v) is 4.33. The van der Waals surface area contributed by atoms with E-state index in [1.165, 1.54) is 0 Å². The smallest absolute Gasteiger partial charge is 0.341 e. The number of carbonyl (C=O) groups is 1. The van der Waals surface area contributed by atoms with Crippen LogP contribution in [0.2, 0.25) is 0 Å². The molecule has 0 spiro atoms. The molecule has 0 radical (unpaired) electrons. The first kappa shape index (κ1) is 11.9. The van der Waals surface area contributed by atoms with Crippen LogP contribution in [0.3, 0.4) is 0 Å². The Bertz CT molecular complexity index is 441. The fraction of sp³-hybridized carbons (Fsp3) is 0.636. The van der Waals surface area contributed by atoms with Gasteiger partial charge in [-0.25, -0.2) is 4.79 Å². The maximum atomic E-state index is 11.3. The number of hydrogen-bond donors (Lipinski definition) is 1. The number of nitrogens with zero attached hydrogens (tertiary/aromatic N) is 3. The Morgan fingerprint density at radius 3 is 2.88 bits per heavy atom. The van der Waals surface area contributed by atoms with Gasteiger partial charge in [-0.3, -0.25) is 4.68 Å². The number of aromatic carboxylic acids is 1. The molecule has 1 N–H and O–H groups in total. The highest BCUT2D eigenvalue weighted by atomic mass is 16.5. The van der Waals surface area contributed by atoms with Gasteiger partial charge in [0.05, 0.1) is 24.9 Å². The van der Waals surface area contributed by atoms with Gasteiger partial charge in [0.25, 0.3) is 0 Å². The third-order valence-electron chi connectivity index (χ3n) is 3.05. The number of morpholine rings is 1. The SMILES string of the molecule is Cc1nn(C)c(N2CCOCC2C)c1C(=O)O. The summed E-state index contributed by atoms with van der Waals surface area (Å²) in [7, 11) is 1.77. The summed E-state index contributed by atoms with van der Waals surface area (Å²) >= 11 is 0. The van der Waals surface area contributed by atoms with Crippen LogP contribution in [0.4, 0.5) is 5.82 Å². The molecular formula is C11H17N3O3. The molecule has 1 saturated heterocycles. The van der Waals surface area contributed by atoms with Gasteiger partial charge in [-0.15, -0.1) is 0 Å². The first-order valence-corrected chi connectivity index (χ1v) is 5.63. The zero-order valence-corrected chi connectivity index (χ0v) is 10.3. The van der Waals surface area contributed by atoms with E-state index < -0.39 is 5.97 Å². The van der Waals surface area contributed by atoms with Crippen molar-refractivity contribution < 1.29 is 14.6 Å². The summed E-state index contributed by atoms with van der Waals surface area (Å²) < 4.78 is 7.00. The third-order valence-corrected chi connectivity index (χ3v) is 3.05. The van der Waals surface area contributed by atoms with E-state index in [0.717, 1.165) is 0 Å². The summed E-state index contributed by atoms with van der Waals surface area (Å²) in [6, 6.07) is 0.164. The van der Waals surface area contributed by atoms with E-state index in [4.69, 9.17) is 4.74 Å². The standard InChI is InChI=1S/C11H17N3O3/c1-7-6-17-5-4-14(7)10-9(11(15)16)8(2)12-13(10)3/h7H,4-6H2,1-3H3,(H,15,16). The Balaban J connectivity index is 2.46. The van der Waals surface area contributed by atoms with Crippen molar-refractivity contribution in [2.24, 2.45) is 7.05 Å². The van der Waals surface area contributed by atoms with Gasteiger partial charge in [-0.2, -0.15) is 5.10 Å². The predicted molar refractivity (Wildman–Crippen MR) is 62.5 cm³/mol. The zero-order chi connectivity index (χ0) is 12.6. The van der Waals surface area contributed by atoms with Gasteiger partial charge in [0, 0.05) is 13.6 Å². The van der Waals surface area contributed by atoms with E-state index in [1.807, 2.05) is 11.8 Å². The van der Waals surface area contributed by atoms with Gasteiger partial charge >= 0.3 is 5.97 Å². The lowest BCUT2D eigenvalue weighted by Gasteiger charge is -2.35. The number of aryl methyl sites for hydroxylation is 2. The van der Waals surface area contributed by atoms with Gasteiger partial charge in [-0.05, 0) is 13.8 Å². The van der Waals surface area contributed by atoms with Crippen LogP contribution in [-0.4, -0.2) is 46.7 Å². The van der Waals surface area contributed by atoms with Crippen LogP contribution in [0.1, 0.15) is 23.0 Å². The van der Waals surface area contributed by atoms with Crippen molar-refractivity contribution in [3.05, 3.63) is 11.3 Å². The minimum Gasteiger partial charge on any atom is -0.477 e. The molecular weight excluding hydrogens is 222 g/mol. The Morgan fingerprint density at radius 1 is 1.59 bits per heavy atom. The normalized spacial score (nSPS) is 20.6. The zero-order valence-electron chi connectivity index (χ0n) is 10.3. The van der Waals surface area contributed by atoms with Gasteiger partial charge in [0.2, 0.25) is 0 Å². The summed E-state index contributed by atoms with van der Waals surface area (Å²) in [5, 5.41) is 13.5. The van der Waals surface area contributed by atoms with E-state index in [2.05, 4.69) is 5.10 Å². The molecule has 0 saturated carbocycles. The molecule has 0 aromatic carbocycles. The maximum Gasteiger partial charge on any atom is 0.341 e. The van der Waals surface area contributed by atoms with Gasteiger partial charge in [0.1, 0.15) is 11.4 Å². The van der Waals surface area contributed by atoms with Gasteiger partial charge in [-0.1, -0.05) is 0 Å². The second kappa shape index (κ2) is 4.37. The molecule has 1 aliphatic heterocycles. The van der Waals surface area contributed by atoms with E-state index in [9.17, 15) is 9.90 Å². The molecule has 17 heavy (non-hydrogen) atoms. The summed E-state index contributed by atoms with van der Waals surface area (Å²) in [5.74, 6) is -0.255. The fourth-order valence-corrected chi connectivity index (χ4v) is 2.27. The predicted octanol–water partition coefficient (Wildman–Crippen LogP) is 0.652. The number of hydrogen-bond acceptors (Lipinski definition) is 4. The third kappa shape index (κ3) is 2.00. The van der Waals surface area contributed by atoms with Gasteiger partial charge in [0.15, 0.2) is 0 Å². The molecule has 94 valence electrons. The highest BCUT2D eigenvalue weighted by Gasteiger charge is 2.28. The first-order valence-electron chi connectivity index (χ1n) is 5.63. The molecule has 1 aromatic rings. The monoisotopic (exact) mass is 239 g/mol. The van der Waals surface area contributed by atoms with Gasteiger partial charge < -0.3 is 14.7 Å². The Labute approximate surface area is 99.8 Å². The van der Waals surface area contributed by atoms with Crippen molar-refractivity contribution in [2.75, 3.05) is 24.7 Å². The van der Waals surface area contributed by atoms with Crippen LogP contribution in [0.15, 0.2) is 0 Å². The topological polar surface area (TPSA) is 67.6 Å². The molecule has 1 fully saturated rings. The molecule has 1 atom stereocenters. The minimum absolute atomic E-state index is 0.164. The number of anilines is 1. The van der Waals surface area contributed by atoms with E-state index in [0.29, 0.717) is 36.8 Å². The molecule has 0 amide bonds. The highest BCUT2D eigenvalue weighted by Crippen LogP contribution is 2.26. The fourth-order valence-electron chi connectivity index (χ4n) is 2.27. The Morgan fingerprint density at radius 2 is 2.29 bits per heavy atom. The maximum absolute atomic E-state index is 11.3. The summed E-state index contributed by atoms with van der Waals surface area (Å²) in [4.78, 5) is 13.3. The molecule has 1 aliphatic rings. The van der Waals surface area contributed by atoms with Crippen LogP contribution in [0.5, 0.6) is 0 Å². The number of ether oxygens (including phenoxy) is 1. The number of carboxylic acids is 1. The van der Waals surface area contributed by atoms with Crippen LogP contribution in [0, 0.1) is 6.92 Å². The van der Waals surface area contributed by atoms with E-state index >= 15 is 0 Å². The quantitative estimate of drug-likeness (QED) is 0.820. The molecule has 0 aliphatic carbocycles. The lowest BCUT2D eigenvalue weighted by atomic mass is 10.2. The number of carboxylic acid groups (broad SMARTS) is 1. The van der Waals surface area contributed by atoms with Crippen molar-refractivity contribution in [3.8, 4) is 0 Å². The van der Waals surface area contributed by atoms with Crippen molar-refractivity contribution >= 4 is 11.8 Å². The minimum atomic E-state index is -0.927. The van der Waals surface area contributed by atoms with Crippen LogP contribution in [-0.2, 0) is 11.8 Å². The molecule has 6 nitrogen and oxygen atoms in total. The summed E-state index contributed by atoms with van der Waals surface area (Å²) in [6.45, 7) is 5.67. The molecule has 2 heterocycles. The largest absolute Gasteiger partial charge is 0.477 e. The van der Waals surface area contributed by atoms with Crippen molar-refractivity contribution in [1.29, 1.82) is 0 Å². The average molecular weight is 239 g/mol. The number of aromatic nitrogens is 2. The molecule has 2 rings (SSSR count). The van der Waals surface area contributed by atoms with Crippen molar-refractivity contribution in [3.63, 3.8) is 0 Å². The second-order valence-electron chi connectivity index (χ2n) is 4.33. The van der Waals surface area contributed by atoms with E-state index in [1.54, 1.807) is 18.7 Å². The van der Waals surface area contributed by atoms with Crippen LogP contribution >= 0.6 is 0 Å². The van der Waals surface area contributed by atoms with Crippen LogP contribution < -0.4 is 4.90 Å². The molecule has 1 aromatic heterocycles. The lowest BCUT2D eigenvalue weighted by Crippen LogP contribution is -2.45. The first-order chi connectivity index (χ1) is 8.02. The summed E-state index contributed by atoms with van der Waals surface area (Å²) in [6.07, 6.45) is 0. The highest BCUT2D eigenvalue weighted by molar-refractivity contribution is 5.95.